The van der Waals surface area contributed by atoms with Gasteiger partial charge in [0.05, 0.1) is 7.11 Å². The number of benzene rings is 1. The van der Waals surface area contributed by atoms with Crippen LogP contribution in [0, 0.1) is 11.5 Å². The van der Waals surface area contributed by atoms with Crippen LogP contribution in [0.25, 0.3) is 0 Å². The van der Waals surface area contributed by atoms with E-state index in [2.05, 4.69) is 31.1 Å². The van der Waals surface area contributed by atoms with Crippen molar-refractivity contribution in [3.05, 3.63) is 29.3 Å². The summed E-state index contributed by atoms with van der Waals surface area (Å²) in [5, 5.41) is 0. The molecule has 0 bridgehead atoms. The Morgan fingerprint density at radius 1 is 1.28 bits per heavy atom. The number of carbonyl (C=O) groups is 1. The largest absolute Gasteiger partial charge is 0.497 e. The molecule has 1 aromatic rings. The molecule has 1 rings (SSSR count). The molecule has 0 saturated carbocycles. The number of hydrogen-bond acceptors (Lipinski definition) is 2. The van der Waals surface area contributed by atoms with Gasteiger partial charge in [-0.15, -0.1) is 5.54 Å². The van der Waals surface area contributed by atoms with Crippen molar-refractivity contribution in [3.8, 4) is 17.2 Å². The normalized spacial score (nSPS) is 10.5. The number of carbonyl (C=O) groups excluding carboxylic acids is 1. The van der Waals surface area contributed by atoms with Crippen LogP contribution >= 0.6 is 0 Å². The Hall–Kier alpha value is -1.53. The first-order valence-corrected chi connectivity index (χ1v) is 9.61. The quantitative estimate of drug-likeness (QED) is 0.472. The van der Waals surface area contributed by atoms with Crippen molar-refractivity contribution in [2.75, 3.05) is 7.11 Å². The summed E-state index contributed by atoms with van der Waals surface area (Å²) in [5.41, 5.74) is 4.83. The van der Waals surface area contributed by atoms with Gasteiger partial charge in [-0.3, -0.25) is 4.79 Å². The Bertz CT molecular complexity index is 501. The predicted octanol–water partition coefficient (Wildman–Crippen LogP) is 3.52. The molecule has 0 radical (unpaired) electrons. The SMILES string of the molecule is CCC(=O)c1cc(C#C[Si](C)(C)C)cc(OC)c1. The maximum atomic E-state index is 11.7. The van der Waals surface area contributed by atoms with Gasteiger partial charge in [-0.2, -0.15) is 0 Å². The van der Waals surface area contributed by atoms with Gasteiger partial charge in [0.15, 0.2) is 5.78 Å². The van der Waals surface area contributed by atoms with Gasteiger partial charge in [0, 0.05) is 17.5 Å². The zero-order valence-electron chi connectivity index (χ0n) is 11.8. The molecule has 0 saturated heterocycles. The van der Waals surface area contributed by atoms with Crippen molar-refractivity contribution < 1.29 is 9.53 Å². The number of rotatable bonds is 3. The van der Waals surface area contributed by atoms with Gasteiger partial charge < -0.3 is 4.74 Å². The first-order valence-electron chi connectivity index (χ1n) is 6.11. The van der Waals surface area contributed by atoms with Gasteiger partial charge in [0.2, 0.25) is 0 Å². The second-order valence-corrected chi connectivity index (χ2v) is 9.98. The lowest BCUT2D eigenvalue weighted by molar-refractivity contribution is 0.0988. The first kappa shape index (κ1) is 14.5. The van der Waals surface area contributed by atoms with Gasteiger partial charge in [0.25, 0.3) is 0 Å². The van der Waals surface area contributed by atoms with Gasteiger partial charge in [-0.1, -0.05) is 32.5 Å². The zero-order valence-corrected chi connectivity index (χ0v) is 12.8. The fraction of sp³-hybridized carbons (Fsp3) is 0.400. The highest BCUT2D eigenvalue weighted by Crippen LogP contribution is 2.18. The van der Waals surface area contributed by atoms with E-state index in [1.54, 1.807) is 13.2 Å². The van der Waals surface area contributed by atoms with Crippen LogP contribution in [0.3, 0.4) is 0 Å². The van der Waals surface area contributed by atoms with Crippen LogP contribution in [0.4, 0.5) is 0 Å². The first-order chi connectivity index (χ1) is 8.35. The topological polar surface area (TPSA) is 26.3 Å². The summed E-state index contributed by atoms with van der Waals surface area (Å²) in [5.74, 6) is 3.96. The molecule has 0 aliphatic rings. The van der Waals surface area contributed by atoms with Crippen molar-refractivity contribution in [3.63, 3.8) is 0 Å². The summed E-state index contributed by atoms with van der Waals surface area (Å²) in [4.78, 5) is 11.7. The molecule has 0 atom stereocenters. The third kappa shape index (κ3) is 4.38. The maximum absolute atomic E-state index is 11.7. The molecular weight excluding hydrogens is 240 g/mol. The van der Waals surface area contributed by atoms with Crippen LogP contribution in [0.5, 0.6) is 5.75 Å². The lowest BCUT2D eigenvalue weighted by Crippen LogP contribution is -2.16. The lowest BCUT2D eigenvalue weighted by atomic mass is 10.1. The van der Waals surface area contributed by atoms with E-state index in [1.165, 1.54) is 0 Å². The fourth-order valence-electron chi connectivity index (χ4n) is 1.41. The summed E-state index contributed by atoms with van der Waals surface area (Å²) < 4.78 is 5.21. The van der Waals surface area contributed by atoms with Crippen LogP contribution in [-0.2, 0) is 0 Å². The molecule has 18 heavy (non-hydrogen) atoms. The third-order valence-electron chi connectivity index (χ3n) is 2.37. The molecule has 0 heterocycles. The summed E-state index contributed by atoms with van der Waals surface area (Å²) in [7, 11) is 0.195. The second kappa shape index (κ2) is 5.88. The van der Waals surface area contributed by atoms with Crippen molar-refractivity contribution in [1.82, 2.24) is 0 Å². The van der Waals surface area contributed by atoms with Gasteiger partial charge in [-0.05, 0) is 18.2 Å². The van der Waals surface area contributed by atoms with Crippen molar-refractivity contribution in [2.24, 2.45) is 0 Å². The Morgan fingerprint density at radius 2 is 1.94 bits per heavy atom. The average molecular weight is 260 g/mol. The number of ketones is 1. The van der Waals surface area contributed by atoms with E-state index in [0.717, 1.165) is 5.56 Å². The molecule has 0 fully saturated rings. The molecule has 2 nitrogen and oxygen atoms in total. The zero-order chi connectivity index (χ0) is 13.8. The lowest BCUT2D eigenvalue weighted by Gasteiger charge is -2.06. The van der Waals surface area contributed by atoms with Crippen LogP contribution in [0.2, 0.25) is 19.6 Å². The van der Waals surface area contributed by atoms with Crippen molar-refractivity contribution in [2.45, 2.75) is 33.0 Å². The van der Waals surface area contributed by atoms with E-state index in [-0.39, 0.29) is 5.78 Å². The molecule has 0 aliphatic heterocycles. The maximum Gasteiger partial charge on any atom is 0.162 e. The van der Waals surface area contributed by atoms with E-state index in [4.69, 9.17) is 4.74 Å². The number of Topliss-reactive ketones (excluding diaryl/α,β-unsaturated/α-hetero) is 1. The van der Waals surface area contributed by atoms with E-state index in [1.807, 2.05) is 19.1 Å². The molecule has 0 spiro atoms. The average Bonchev–Trinajstić information content (AvgIpc) is 2.34. The summed E-state index contributed by atoms with van der Waals surface area (Å²) in [6.07, 6.45) is 0.494. The smallest absolute Gasteiger partial charge is 0.162 e. The van der Waals surface area contributed by atoms with Crippen molar-refractivity contribution >= 4 is 13.9 Å². The molecule has 0 unspecified atom stereocenters. The third-order valence-corrected chi connectivity index (χ3v) is 3.24. The van der Waals surface area contributed by atoms with Crippen LogP contribution in [-0.4, -0.2) is 21.0 Å². The van der Waals surface area contributed by atoms with Gasteiger partial charge in [-0.25, -0.2) is 0 Å². The molecule has 0 aromatic heterocycles. The van der Waals surface area contributed by atoms with Crippen LogP contribution in [0.15, 0.2) is 18.2 Å². The fourth-order valence-corrected chi connectivity index (χ4v) is 1.93. The highest BCUT2D eigenvalue weighted by Gasteiger charge is 2.09. The Balaban J connectivity index is 3.19. The molecule has 0 amide bonds. The van der Waals surface area contributed by atoms with Crippen molar-refractivity contribution in [1.29, 1.82) is 0 Å². The molecule has 0 N–H and O–H groups in total. The van der Waals surface area contributed by atoms with Gasteiger partial charge >= 0.3 is 0 Å². The Labute approximate surface area is 110 Å². The molecule has 96 valence electrons. The highest BCUT2D eigenvalue weighted by atomic mass is 28.3. The predicted molar refractivity (Wildman–Crippen MR) is 77.8 cm³/mol. The van der Waals surface area contributed by atoms with E-state index >= 15 is 0 Å². The number of methoxy groups -OCH3 is 1. The minimum atomic E-state index is -1.41. The molecule has 0 aliphatic carbocycles. The Morgan fingerprint density at radius 3 is 2.44 bits per heavy atom. The van der Waals surface area contributed by atoms with Gasteiger partial charge in [0.1, 0.15) is 13.8 Å². The molecular formula is C15H20O2Si. The minimum Gasteiger partial charge on any atom is -0.497 e. The van der Waals surface area contributed by atoms with Crippen LogP contribution < -0.4 is 4.74 Å². The highest BCUT2D eigenvalue weighted by molar-refractivity contribution is 6.83. The molecule has 3 heteroatoms. The standard InChI is InChI=1S/C15H20O2Si/c1-6-15(16)13-9-12(7-8-18(3,4)5)10-14(11-13)17-2/h9-11H,6H2,1-5H3. The van der Waals surface area contributed by atoms with Crippen LogP contribution in [0.1, 0.15) is 29.3 Å². The number of hydrogen-bond donors (Lipinski definition) is 0. The monoisotopic (exact) mass is 260 g/mol. The molecule has 1 aromatic carbocycles. The summed E-state index contributed by atoms with van der Waals surface area (Å²) in [6.45, 7) is 8.43. The minimum absolute atomic E-state index is 0.116. The summed E-state index contributed by atoms with van der Waals surface area (Å²) in [6, 6.07) is 5.49. The summed E-state index contributed by atoms with van der Waals surface area (Å²) >= 11 is 0. The van der Waals surface area contributed by atoms with E-state index in [9.17, 15) is 4.79 Å². The van der Waals surface area contributed by atoms with E-state index in [0.29, 0.717) is 17.7 Å². The number of ether oxygens (including phenoxy) is 1. The van der Waals surface area contributed by atoms with E-state index < -0.39 is 8.07 Å². The second-order valence-electron chi connectivity index (χ2n) is 5.23. The Kier molecular flexibility index (Phi) is 4.74.